The van der Waals surface area contributed by atoms with Gasteiger partial charge in [0.1, 0.15) is 0 Å². The summed E-state index contributed by atoms with van der Waals surface area (Å²) in [5.74, 6) is 0.0720. The summed E-state index contributed by atoms with van der Waals surface area (Å²) >= 11 is 1.60. The van der Waals surface area contributed by atoms with Crippen LogP contribution in [-0.2, 0) is 0 Å². The second kappa shape index (κ2) is 6.24. The van der Waals surface area contributed by atoms with Gasteiger partial charge in [-0.2, -0.15) is 0 Å². The summed E-state index contributed by atoms with van der Waals surface area (Å²) in [6.07, 6.45) is 2.01. The maximum atomic E-state index is 12.8. The molecule has 0 spiro atoms. The van der Waals surface area contributed by atoms with E-state index in [2.05, 4.69) is 16.7 Å². The van der Waals surface area contributed by atoms with Crippen molar-refractivity contribution in [2.24, 2.45) is 0 Å². The van der Waals surface area contributed by atoms with Crippen LogP contribution in [0.2, 0.25) is 0 Å². The third-order valence-electron chi connectivity index (χ3n) is 3.63. The van der Waals surface area contributed by atoms with E-state index in [-0.39, 0.29) is 5.78 Å². The van der Waals surface area contributed by atoms with Crippen molar-refractivity contribution in [1.29, 1.82) is 0 Å². The Morgan fingerprint density at radius 3 is 2.14 bits per heavy atom. The molecule has 2 aromatic carbocycles. The number of benzene rings is 2. The molecule has 22 heavy (non-hydrogen) atoms. The Labute approximate surface area is 134 Å². The first-order chi connectivity index (χ1) is 10.7. The number of para-hydroxylation sites is 1. The van der Waals surface area contributed by atoms with Crippen molar-refractivity contribution in [3.05, 3.63) is 83.6 Å². The summed E-state index contributed by atoms with van der Waals surface area (Å²) in [4.78, 5) is 12.8. The van der Waals surface area contributed by atoms with E-state index in [1.54, 1.807) is 11.8 Å². The van der Waals surface area contributed by atoms with E-state index in [0.29, 0.717) is 0 Å². The van der Waals surface area contributed by atoms with Crippen LogP contribution in [0.1, 0.15) is 21.6 Å². The minimum Gasteiger partial charge on any atom is -0.308 e. The van der Waals surface area contributed by atoms with Crippen LogP contribution in [0, 0.1) is 6.92 Å². The summed E-state index contributed by atoms with van der Waals surface area (Å²) in [5, 5.41) is 0.984. The number of ketones is 1. The number of carbonyl (C=O) groups is 1. The van der Waals surface area contributed by atoms with Gasteiger partial charge in [-0.25, -0.2) is 0 Å². The lowest BCUT2D eigenvalue weighted by Crippen LogP contribution is -2.03. The number of thioether (sulfide) groups is 1. The highest BCUT2D eigenvalue weighted by Crippen LogP contribution is 2.30. The van der Waals surface area contributed by atoms with Crippen LogP contribution in [0.3, 0.4) is 0 Å². The topological polar surface area (TPSA) is 22.0 Å². The summed E-state index contributed by atoms with van der Waals surface area (Å²) < 4.78 is 2.14. The lowest BCUT2D eigenvalue weighted by molar-refractivity contribution is 0.103. The highest BCUT2D eigenvalue weighted by atomic mass is 32.2. The fourth-order valence-corrected chi connectivity index (χ4v) is 3.43. The molecule has 110 valence electrons. The fourth-order valence-electron chi connectivity index (χ4n) is 2.62. The lowest BCUT2D eigenvalue weighted by atomic mass is 10.1. The Hall–Kier alpha value is -2.26. The molecule has 0 saturated heterocycles. The molecule has 3 rings (SSSR count). The molecular formula is C19H17NOS. The molecule has 3 aromatic rings. The average Bonchev–Trinajstić information content (AvgIpc) is 2.92. The van der Waals surface area contributed by atoms with E-state index in [1.807, 2.05) is 67.8 Å². The standard InChI is InChI=1S/C19H17NOS/c1-14-13-17(18(21)15-9-5-3-6-10-15)19(22-2)20(14)16-11-7-4-8-12-16/h3-13H,1-2H3. The first-order valence-corrected chi connectivity index (χ1v) is 8.36. The maximum Gasteiger partial charge on any atom is 0.195 e. The number of aryl methyl sites for hydroxylation is 1. The fraction of sp³-hybridized carbons (Fsp3) is 0.105. The molecular weight excluding hydrogens is 290 g/mol. The van der Waals surface area contributed by atoms with E-state index in [0.717, 1.165) is 27.5 Å². The summed E-state index contributed by atoms with van der Waals surface area (Å²) in [6.45, 7) is 2.04. The second-order valence-electron chi connectivity index (χ2n) is 5.07. The third-order valence-corrected chi connectivity index (χ3v) is 4.42. The summed E-state index contributed by atoms with van der Waals surface area (Å²) in [7, 11) is 0. The molecule has 0 saturated carbocycles. The number of rotatable bonds is 4. The van der Waals surface area contributed by atoms with Crippen LogP contribution in [0.25, 0.3) is 5.69 Å². The predicted molar refractivity (Wildman–Crippen MR) is 92.2 cm³/mol. The Balaban J connectivity index is 2.13. The molecule has 0 radical (unpaired) electrons. The average molecular weight is 307 g/mol. The minimum atomic E-state index is 0.0720. The molecule has 0 N–H and O–H groups in total. The van der Waals surface area contributed by atoms with Crippen LogP contribution in [0.15, 0.2) is 71.8 Å². The Bertz CT molecular complexity index is 791. The lowest BCUT2D eigenvalue weighted by Gasteiger charge is -2.11. The molecule has 1 aromatic heterocycles. The molecule has 0 amide bonds. The van der Waals surface area contributed by atoms with Crippen molar-refractivity contribution in [3.8, 4) is 5.69 Å². The summed E-state index contributed by atoms with van der Waals surface area (Å²) in [6, 6.07) is 21.6. The molecule has 0 aliphatic rings. The van der Waals surface area contributed by atoms with Crippen LogP contribution in [0.5, 0.6) is 0 Å². The van der Waals surface area contributed by atoms with Gasteiger partial charge in [0.15, 0.2) is 5.78 Å². The van der Waals surface area contributed by atoms with Crippen LogP contribution in [-0.4, -0.2) is 16.6 Å². The SMILES string of the molecule is CSc1c(C(=O)c2ccccc2)cc(C)n1-c1ccccc1. The van der Waals surface area contributed by atoms with Crippen molar-refractivity contribution >= 4 is 17.5 Å². The maximum absolute atomic E-state index is 12.8. The van der Waals surface area contributed by atoms with Gasteiger partial charge in [-0.1, -0.05) is 48.5 Å². The van der Waals surface area contributed by atoms with E-state index in [9.17, 15) is 4.79 Å². The highest BCUT2D eigenvalue weighted by molar-refractivity contribution is 7.98. The molecule has 1 heterocycles. The largest absolute Gasteiger partial charge is 0.308 e. The minimum absolute atomic E-state index is 0.0720. The molecule has 0 bridgehead atoms. The normalized spacial score (nSPS) is 10.6. The van der Waals surface area contributed by atoms with Gasteiger partial charge in [-0.3, -0.25) is 4.79 Å². The van der Waals surface area contributed by atoms with Crippen molar-refractivity contribution in [1.82, 2.24) is 4.57 Å². The van der Waals surface area contributed by atoms with Gasteiger partial charge in [0.25, 0.3) is 0 Å². The molecule has 2 nitrogen and oxygen atoms in total. The summed E-state index contributed by atoms with van der Waals surface area (Å²) in [5.41, 5.74) is 3.63. The Morgan fingerprint density at radius 2 is 1.55 bits per heavy atom. The quantitative estimate of drug-likeness (QED) is 0.513. The van der Waals surface area contributed by atoms with Gasteiger partial charge < -0.3 is 4.57 Å². The number of carbonyl (C=O) groups excluding carboxylic acids is 1. The highest BCUT2D eigenvalue weighted by Gasteiger charge is 2.20. The smallest absolute Gasteiger partial charge is 0.195 e. The van der Waals surface area contributed by atoms with Gasteiger partial charge in [-0.05, 0) is 31.4 Å². The van der Waals surface area contributed by atoms with Crippen molar-refractivity contribution in [2.45, 2.75) is 11.9 Å². The predicted octanol–water partition coefficient (Wildman–Crippen LogP) is 4.74. The number of hydrogen-bond donors (Lipinski definition) is 0. The molecule has 3 heteroatoms. The zero-order valence-corrected chi connectivity index (χ0v) is 13.4. The first kappa shape index (κ1) is 14.7. The molecule has 0 atom stereocenters. The van der Waals surface area contributed by atoms with Gasteiger partial charge in [0, 0.05) is 16.9 Å². The van der Waals surface area contributed by atoms with Crippen LogP contribution >= 0.6 is 11.8 Å². The number of hydrogen-bond acceptors (Lipinski definition) is 2. The molecule has 0 fully saturated rings. The van der Waals surface area contributed by atoms with Crippen molar-refractivity contribution in [3.63, 3.8) is 0 Å². The van der Waals surface area contributed by atoms with Gasteiger partial charge in [0.2, 0.25) is 0 Å². The first-order valence-electron chi connectivity index (χ1n) is 7.14. The van der Waals surface area contributed by atoms with E-state index in [1.165, 1.54) is 0 Å². The Kier molecular flexibility index (Phi) is 4.16. The van der Waals surface area contributed by atoms with E-state index in [4.69, 9.17) is 0 Å². The van der Waals surface area contributed by atoms with Crippen molar-refractivity contribution < 1.29 is 4.79 Å². The van der Waals surface area contributed by atoms with Crippen LogP contribution < -0.4 is 0 Å². The molecule has 0 aliphatic carbocycles. The zero-order valence-electron chi connectivity index (χ0n) is 12.6. The number of nitrogens with zero attached hydrogens (tertiary/aromatic N) is 1. The Morgan fingerprint density at radius 1 is 0.955 bits per heavy atom. The van der Waals surface area contributed by atoms with E-state index >= 15 is 0 Å². The number of aromatic nitrogens is 1. The molecule has 0 aliphatic heterocycles. The second-order valence-corrected chi connectivity index (χ2v) is 5.87. The monoisotopic (exact) mass is 307 g/mol. The van der Waals surface area contributed by atoms with Crippen LogP contribution in [0.4, 0.5) is 0 Å². The van der Waals surface area contributed by atoms with Gasteiger partial charge in [0.05, 0.1) is 10.6 Å². The molecule has 0 unspecified atom stereocenters. The van der Waals surface area contributed by atoms with Crippen molar-refractivity contribution in [2.75, 3.05) is 6.26 Å². The van der Waals surface area contributed by atoms with E-state index < -0.39 is 0 Å². The third kappa shape index (κ3) is 2.60. The van der Waals surface area contributed by atoms with Gasteiger partial charge in [-0.15, -0.1) is 11.8 Å². The van der Waals surface area contributed by atoms with Gasteiger partial charge >= 0.3 is 0 Å². The zero-order chi connectivity index (χ0) is 15.5.